The first-order valence-electron chi connectivity index (χ1n) is 10.00. The highest BCUT2D eigenvalue weighted by Crippen LogP contribution is 2.37. The van der Waals surface area contributed by atoms with Crippen LogP contribution in [0.4, 0.5) is 4.39 Å². The van der Waals surface area contributed by atoms with E-state index in [1.807, 2.05) is 12.1 Å². The zero-order valence-corrected chi connectivity index (χ0v) is 18.3. The minimum Gasteiger partial charge on any atom is -0.407 e. The molecular weight excluding hydrogens is 379 g/mol. The Kier molecular flexibility index (Phi) is 6.68. The maximum atomic E-state index is 13.3. The molecule has 1 atom stereocenters. The molecule has 1 N–H and O–H groups in total. The van der Waals surface area contributed by atoms with Gasteiger partial charge in [0.2, 0.25) is 0 Å². The molecule has 0 bridgehead atoms. The molecule has 0 spiro atoms. The largest absolute Gasteiger partial charge is 0.407 e. The molecule has 0 heterocycles. The summed E-state index contributed by atoms with van der Waals surface area (Å²) in [4.78, 5) is 0. The van der Waals surface area contributed by atoms with Crippen molar-refractivity contribution in [3.63, 3.8) is 0 Å². The monoisotopic (exact) mass is 408 g/mol. The molecule has 0 aliphatic rings. The summed E-state index contributed by atoms with van der Waals surface area (Å²) in [5.41, 5.74) is 0.881. The average Bonchev–Trinajstić information content (AvgIpc) is 2.73. The third kappa shape index (κ3) is 4.50. The first-order valence-corrected chi connectivity index (χ1v) is 11.9. The van der Waals surface area contributed by atoms with Crippen LogP contribution < -0.4 is 10.4 Å². The highest BCUT2D eigenvalue weighted by Gasteiger charge is 2.50. The lowest BCUT2D eigenvalue weighted by molar-refractivity contribution is 0.198. The topological polar surface area (TPSA) is 29.5 Å². The molecule has 29 heavy (non-hydrogen) atoms. The number of hydrogen-bond donors (Lipinski definition) is 1. The number of hydrogen-bond acceptors (Lipinski definition) is 2. The van der Waals surface area contributed by atoms with Crippen molar-refractivity contribution in [1.29, 1.82) is 0 Å². The van der Waals surface area contributed by atoms with Gasteiger partial charge in [-0.05, 0) is 33.1 Å². The Labute approximate surface area is 174 Å². The Morgan fingerprint density at radius 3 is 1.72 bits per heavy atom. The first kappa shape index (κ1) is 21.4. The minimum absolute atomic E-state index is 0.0518. The van der Waals surface area contributed by atoms with Crippen molar-refractivity contribution in [2.75, 3.05) is 13.2 Å². The van der Waals surface area contributed by atoms with Crippen molar-refractivity contribution >= 4 is 18.7 Å². The maximum Gasteiger partial charge on any atom is 0.261 e. The van der Waals surface area contributed by atoms with E-state index in [1.54, 1.807) is 12.1 Å². The molecule has 0 aliphatic heterocycles. The number of halogens is 1. The Morgan fingerprint density at radius 2 is 1.31 bits per heavy atom. The summed E-state index contributed by atoms with van der Waals surface area (Å²) in [5, 5.41) is 12.3. The molecule has 2 nitrogen and oxygen atoms in total. The second-order valence-electron chi connectivity index (χ2n) is 8.41. The quantitative estimate of drug-likeness (QED) is 0.584. The van der Waals surface area contributed by atoms with Gasteiger partial charge in [-0.15, -0.1) is 0 Å². The van der Waals surface area contributed by atoms with Gasteiger partial charge in [0.05, 0.1) is 6.61 Å². The van der Waals surface area contributed by atoms with Gasteiger partial charge in [-0.25, -0.2) is 4.39 Å². The summed E-state index contributed by atoms with van der Waals surface area (Å²) in [7, 11) is -2.66. The lowest BCUT2D eigenvalue weighted by atomic mass is 10.0. The normalized spacial score (nSPS) is 13.3. The molecule has 3 aromatic rings. The van der Waals surface area contributed by atoms with Crippen molar-refractivity contribution in [2.45, 2.75) is 31.7 Å². The van der Waals surface area contributed by atoms with Gasteiger partial charge in [-0.2, -0.15) is 0 Å². The van der Waals surface area contributed by atoms with E-state index in [9.17, 15) is 9.50 Å². The van der Waals surface area contributed by atoms with Crippen LogP contribution in [-0.4, -0.2) is 26.6 Å². The van der Waals surface area contributed by atoms with Crippen LogP contribution in [0, 0.1) is 5.82 Å². The highest BCUT2D eigenvalue weighted by atomic mass is 28.4. The summed E-state index contributed by atoms with van der Waals surface area (Å²) in [5.74, 6) is -0.490. The van der Waals surface area contributed by atoms with Crippen LogP contribution in [-0.2, 0) is 4.43 Å². The minimum atomic E-state index is -2.66. The molecule has 0 saturated heterocycles. The fourth-order valence-electron chi connectivity index (χ4n) is 3.98. The Morgan fingerprint density at radius 1 is 0.828 bits per heavy atom. The number of benzene rings is 3. The third-order valence-corrected chi connectivity index (χ3v) is 10.5. The SMILES string of the molecule is CC(C)(C)[Si](OCC(CO)c1ccc(F)cc1)(c1ccccc1)c1ccccc1. The van der Waals surface area contributed by atoms with Gasteiger partial charge in [0.25, 0.3) is 8.32 Å². The van der Waals surface area contributed by atoms with E-state index in [1.165, 1.54) is 22.5 Å². The number of aliphatic hydroxyl groups excluding tert-OH is 1. The van der Waals surface area contributed by atoms with Crippen molar-refractivity contribution in [3.8, 4) is 0 Å². The lowest BCUT2D eigenvalue weighted by Crippen LogP contribution is -2.66. The molecule has 0 fully saturated rings. The second kappa shape index (κ2) is 9.03. The van der Waals surface area contributed by atoms with Crippen molar-refractivity contribution < 1.29 is 13.9 Å². The molecule has 0 aromatic heterocycles. The maximum absolute atomic E-state index is 13.3. The number of aliphatic hydroxyl groups is 1. The standard InChI is InChI=1S/C25H29FO2Si/c1-25(2,3)29(23-10-6-4-7-11-23,24-12-8-5-9-13-24)28-19-21(18-27)20-14-16-22(26)17-15-20/h4-17,21,27H,18-19H2,1-3H3. The first-order chi connectivity index (χ1) is 13.9. The van der Waals surface area contributed by atoms with Gasteiger partial charge in [0.15, 0.2) is 0 Å². The van der Waals surface area contributed by atoms with Crippen LogP contribution in [0.25, 0.3) is 0 Å². The van der Waals surface area contributed by atoms with Gasteiger partial charge in [0, 0.05) is 12.5 Å². The molecule has 152 valence electrons. The fraction of sp³-hybridized carbons (Fsp3) is 0.280. The van der Waals surface area contributed by atoms with E-state index in [0.717, 1.165) is 5.56 Å². The van der Waals surface area contributed by atoms with Gasteiger partial charge in [-0.3, -0.25) is 0 Å². The molecule has 3 aromatic carbocycles. The predicted octanol–water partition coefficient (Wildman–Crippen LogP) is 4.48. The summed E-state index contributed by atoms with van der Waals surface area (Å²) in [6, 6.07) is 27.2. The summed E-state index contributed by atoms with van der Waals surface area (Å²) in [6.45, 7) is 7.00. The van der Waals surface area contributed by atoms with Crippen LogP contribution >= 0.6 is 0 Å². The zero-order chi connectivity index (χ0) is 20.9. The molecule has 0 amide bonds. The van der Waals surface area contributed by atoms with E-state index >= 15 is 0 Å². The fourth-order valence-corrected chi connectivity index (χ4v) is 8.58. The van der Waals surface area contributed by atoms with E-state index in [4.69, 9.17) is 4.43 Å². The molecule has 0 radical (unpaired) electrons. The van der Waals surface area contributed by atoms with Crippen LogP contribution in [0.3, 0.4) is 0 Å². The third-order valence-electron chi connectivity index (χ3n) is 5.48. The van der Waals surface area contributed by atoms with E-state index in [-0.39, 0.29) is 23.4 Å². The lowest BCUT2D eigenvalue weighted by Gasteiger charge is -2.43. The summed E-state index contributed by atoms with van der Waals surface area (Å²) < 4.78 is 20.2. The molecule has 0 aliphatic carbocycles. The number of rotatable bonds is 7. The van der Waals surface area contributed by atoms with Crippen LogP contribution in [0.15, 0.2) is 84.9 Å². The Bertz CT molecular complexity index is 850. The zero-order valence-electron chi connectivity index (χ0n) is 17.3. The van der Waals surface area contributed by atoms with Crippen molar-refractivity contribution in [2.24, 2.45) is 0 Å². The predicted molar refractivity (Wildman–Crippen MR) is 120 cm³/mol. The van der Waals surface area contributed by atoms with E-state index < -0.39 is 8.32 Å². The van der Waals surface area contributed by atoms with Crippen molar-refractivity contribution in [3.05, 3.63) is 96.3 Å². The van der Waals surface area contributed by atoms with E-state index in [2.05, 4.69) is 69.3 Å². The molecule has 1 unspecified atom stereocenters. The van der Waals surface area contributed by atoms with Crippen LogP contribution in [0.5, 0.6) is 0 Å². The molecule has 3 rings (SSSR count). The molecule has 4 heteroatoms. The van der Waals surface area contributed by atoms with Crippen molar-refractivity contribution in [1.82, 2.24) is 0 Å². The van der Waals surface area contributed by atoms with Crippen LogP contribution in [0.1, 0.15) is 32.3 Å². The Balaban J connectivity index is 2.04. The van der Waals surface area contributed by atoms with Gasteiger partial charge in [-0.1, -0.05) is 93.6 Å². The van der Waals surface area contributed by atoms with Gasteiger partial charge < -0.3 is 9.53 Å². The molecular formula is C25H29FO2Si. The second-order valence-corrected chi connectivity index (χ2v) is 12.7. The summed E-state index contributed by atoms with van der Waals surface area (Å²) in [6.07, 6.45) is 0. The van der Waals surface area contributed by atoms with Gasteiger partial charge in [0.1, 0.15) is 5.82 Å². The van der Waals surface area contributed by atoms with Gasteiger partial charge >= 0.3 is 0 Å². The highest BCUT2D eigenvalue weighted by molar-refractivity contribution is 6.99. The van der Waals surface area contributed by atoms with E-state index in [0.29, 0.717) is 6.61 Å². The summed E-state index contributed by atoms with van der Waals surface area (Å²) >= 11 is 0. The van der Waals surface area contributed by atoms with Crippen LogP contribution in [0.2, 0.25) is 5.04 Å². The average molecular weight is 409 g/mol. The smallest absolute Gasteiger partial charge is 0.261 e. The molecule has 0 saturated carbocycles. The Hall–Kier alpha value is -2.27.